The second-order valence-electron chi connectivity index (χ2n) is 9.67. The van der Waals surface area contributed by atoms with Crippen molar-refractivity contribution in [3.63, 3.8) is 0 Å². The summed E-state index contributed by atoms with van der Waals surface area (Å²) in [5, 5.41) is 7.93. The summed E-state index contributed by atoms with van der Waals surface area (Å²) in [6.45, 7) is 8.83. The number of aryl methyl sites for hydroxylation is 1. The zero-order valence-electron chi connectivity index (χ0n) is 17.8. The summed E-state index contributed by atoms with van der Waals surface area (Å²) >= 11 is 0. The van der Waals surface area contributed by atoms with Crippen LogP contribution < -0.4 is 0 Å². The van der Waals surface area contributed by atoms with Crippen LogP contribution in [0.5, 0.6) is 0 Å². The number of amides is 1. The predicted octanol–water partition coefficient (Wildman–Crippen LogP) is 4.71. The largest absolute Gasteiger partial charge is 0.357 e. The van der Waals surface area contributed by atoms with Crippen molar-refractivity contribution in [2.45, 2.75) is 66.2 Å². The lowest BCUT2D eigenvalue weighted by Crippen LogP contribution is -2.28. The van der Waals surface area contributed by atoms with Crippen molar-refractivity contribution in [2.75, 3.05) is 7.05 Å². The Morgan fingerprint density at radius 2 is 2.04 bits per heavy atom. The van der Waals surface area contributed by atoms with Crippen LogP contribution in [-0.4, -0.2) is 33.0 Å². The number of aromatic nitrogens is 3. The van der Waals surface area contributed by atoms with Crippen molar-refractivity contribution in [1.82, 2.24) is 20.1 Å². The molecule has 0 bridgehead atoms. The highest BCUT2D eigenvalue weighted by Crippen LogP contribution is 2.38. The Labute approximate surface area is 167 Å². The molecule has 150 valence electrons. The molecule has 2 aliphatic carbocycles. The van der Waals surface area contributed by atoms with Gasteiger partial charge in [0, 0.05) is 36.1 Å². The van der Waals surface area contributed by atoms with Gasteiger partial charge in [-0.05, 0) is 61.1 Å². The first-order chi connectivity index (χ1) is 13.2. The Morgan fingerprint density at radius 1 is 1.25 bits per heavy atom. The second-order valence-corrected chi connectivity index (χ2v) is 9.67. The van der Waals surface area contributed by atoms with Gasteiger partial charge in [-0.1, -0.05) is 27.7 Å². The fourth-order valence-electron chi connectivity index (χ4n) is 4.46. The molecule has 5 nitrogen and oxygen atoms in total. The number of hydrogen-bond acceptors (Lipinski definition) is 2. The smallest absolute Gasteiger partial charge is 0.226 e. The third kappa shape index (κ3) is 3.54. The number of H-pyrrole nitrogens is 2. The van der Waals surface area contributed by atoms with Crippen molar-refractivity contribution in [2.24, 2.45) is 11.3 Å². The quantitative estimate of drug-likeness (QED) is 0.807. The first kappa shape index (κ1) is 19.0. The lowest BCUT2D eigenvalue weighted by Gasteiger charge is -2.29. The summed E-state index contributed by atoms with van der Waals surface area (Å²) in [7, 11) is 1.90. The van der Waals surface area contributed by atoms with E-state index in [9.17, 15) is 4.79 Å². The highest BCUT2D eigenvalue weighted by atomic mass is 16.2. The van der Waals surface area contributed by atoms with Crippen LogP contribution in [0, 0.1) is 11.3 Å². The summed E-state index contributed by atoms with van der Waals surface area (Å²) in [4.78, 5) is 17.9. The molecule has 2 aromatic rings. The third-order valence-corrected chi connectivity index (χ3v) is 6.19. The number of carbonyl (C=O) groups is 1. The van der Waals surface area contributed by atoms with E-state index in [0.29, 0.717) is 17.8 Å². The molecule has 28 heavy (non-hydrogen) atoms. The summed E-state index contributed by atoms with van der Waals surface area (Å²) in [6, 6.07) is 2.20. The van der Waals surface area contributed by atoms with Crippen LogP contribution in [0.15, 0.2) is 11.8 Å². The molecule has 2 aromatic heterocycles. The van der Waals surface area contributed by atoms with Crippen molar-refractivity contribution in [1.29, 1.82) is 0 Å². The maximum absolute atomic E-state index is 12.4. The van der Waals surface area contributed by atoms with E-state index in [1.54, 1.807) is 0 Å². The van der Waals surface area contributed by atoms with Crippen molar-refractivity contribution in [3.05, 3.63) is 34.3 Å². The molecule has 4 rings (SSSR count). The van der Waals surface area contributed by atoms with Gasteiger partial charge in [0.25, 0.3) is 0 Å². The normalized spacial score (nSPS) is 17.9. The first-order valence-corrected chi connectivity index (χ1v) is 10.5. The van der Waals surface area contributed by atoms with Crippen LogP contribution in [0.3, 0.4) is 0 Å². The van der Waals surface area contributed by atoms with Crippen molar-refractivity contribution in [3.8, 4) is 11.4 Å². The number of hydrogen-bond donors (Lipinski definition) is 2. The van der Waals surface area contributed by atoms with Gasteiger partial charge in [-0.3, -0.25) is 9.89 Å². The average Bonchev–Trinajstić information content (AvgIpc) is 3.21. The van der Waals surface area contributed by atoms with Gasteiger partial charge in [0.1, 0.15) is 5.69 Å². The Bertz CT molecular complexity index is 929. The van der Waals surface area contributed by atoms with Gasteiger partial charge in [0.05, 0.1) is 5.69 Å². The molecule has 0 atom stereocenters. The molecule has 2 N–H and O–H groups in total. The maximum Gasteiger partial charge on any atom is 0.226 e. The average molecular weight is 381 g/mol. The topological polar surface area (TPSA) is 64.8 Å². The molecule has 0 saturated heterocycles. The number of aromatic amines is 2. The summed E-state index contributed by atoms with van der Waals surface area (Å²) < 4.78 is 0. The SMILES string of the molecule is CC(C)CC(=O)N(C)C1=Cc2cc(-c3n[nH]c4c3CCC(C)(C)C4)[nH]c2CC1. The van der Waals surface area contributed by atoms with Crippen LogP contribution >= 0.6 is 0 Å². The van der Waals surface area contributed by atoms with Crippen LogP contribution in [0.25, 0.3) is 17.5 Å². The molecule has 0 aromatic carbocycles. The molecule has 2 aliphatic rings. The van der Waals surface area contributed by atoms with Gasteiger partial charge < -0.3 is 9.88 Å². The zero-order valence-corrected chi connectivity index (χ0v) is 17.8. The standard InChI is InChI=1S/C23H32N4O/c1-14(2)10-21(28)27(5)16-6-7-18-15(11-16)12-19(24-18)22-17-8-9-23(3,4)13-20(17)25-26-22/h11-12,14,24H,6-10,13H2,1-5H3,(H,25,26). The minimum Gasteiger partial charge on any atom is -0.357 e. The minimum atomic E-state index is 0.199. The van der Waals surface area contributed by atoms with Crippen LogP contribution in [0.2, 0.25) is 0 Å². The number of nitrogens with one attached hydrogen (secondary N) is 2. The Kier molecular flexibility index (Phi) is 4.72. The molecular formula is C23H32N4O. The molecule has 0 aliphatic heterocycles. The molecule has 1 amide bonds. The number of fused-ring (bicyclic) bond motifs is 2. The van der Waals surface area contributed by atoms with E-state index >= 15 is 0 Å². The third-order valence-electron chi connectivity index (χ3n) is 6.19. The Balaban J connectivity index is 1.59. The summed E-state index contributed by atoms with van der Waals surface area (Å²) in [5.41, 5.74) is 8.70. The second kappa shape index (κ2) is 6.94. The molecular weight excluding hydrogens is 348 g/mol. The fraction of sp³-hybridized carbons (Fsp3) is 0.565. The van der Waals surface area contributed by atoms with Gasteiger partial charge >= 0.3 is 0 Å². The van der Waals surface area contributed by atoms with E-state index in [1.807, 2.05) is 11.9 Å². The van der Waals surface area contributed by atoms with Crippen LogP contribution in [0.1, 0.15) is 69.5 Å². The molecule has 5 heteroatoms. The molecule has 2 heterocycles. The highest BCUT2D eigenvalue weighted by molar-refractivity contribution is 5.80. The fourth-order valence-corrected chi connectivity index (χ4v) is 4.46. The maximum atomic E-state index is 12.4. The van der Waals surface area contributed by atoms with Gasteiger partial charge in [0.2, 0.25) is 5.91 Å². The van der Waals surface area contributed by atoms with Gasteiger partial charge in [-0.25, -0.2) is 0 Å². The van der Waals surface area contributed by atoms with Crippen LogP contribution in [0.4, 0.5) is 0 Å². The zero-order chi connectivity index (χ0) is 20.1. The number of nitrogens with zero attached hydrogens (tertiary/aromatic N) is 2. The van der Waals surface area contributed by atoms with E-state index < -0.39 is 0 Å². The van der Waals surface area contributed by atoms with E-state index in [1.165, 1.54) is 28.9 Å². The van der Waals surface area contributed by atoms with Crippen molar-refractivity contribution >= 4 is 12.0 Å². The van der Waals surface area contributed by atoms with E-state index in [2.05, 4.69) is 55.0 Å². The van der Waals surface area contributed by atoms with E-state index in [4.69, 9.17) is 0 Å². The minimum absolute atomic E-state index is 0.199. The molecule has 0 fully saturated rings. The van der Waals surface area contributed by atoms with Gasteiger partial charge in [-0.2, -0.15) is 5.10 Å². The van der Waals surface area contributed by atoms with Crippen molar-refractivity contribution < 1.29 is 4.79 Å². The van der Waals surface area contributed by atoms with E-state index in [-0.39, 0.29) is 5.91 Å². The lowest BCUT2D eigenvalue weighted by molar-refractivity contribution is -0.129. The highest BCUT2D eigenvalue weighted by Gasteiger charge is 2.30. The first-order valence-electron chi connectivity index (χ1n) is 10.5. The monoisotopic (exact) mass is 380 g/mol. The van der Waals surface area contributed by atoms with Gasteiger partial charge in [0.15, 0.2) is 0 Å². The molecule has 0 radical (unpaired) electrons. The molecule has 0 unspecified atom stereocenters. The molecule has 0 spiro atoms. The lowest BCUT2D eigenvalue weighted by atomic mass is 9.76. The Hall–Kier alpha value is -2.30. The Morgan fingerprint density at radius 3 is 2.79 bits per heavy atom. The van der Waals surface area contributed by atoms with Crippen LogP contribution in [-0.2, 0) is 24.1 Å². The van der Waals surface area contributed by atoms with Gasteiger partial charge in [-0.15, -0.1) is 0 Å². The van der Waals surface area contributed by atoms with E-state index in [0.717, 1.165) is 42.8 Å². The summed E-state index contributed by atoms with van der Waals surface area (Å²) in [6.07, 6.45) is 7.90. The summed E-state index contributed by atoms with van der Waals surface area (Å²) in [5.74, 6) is 0.578. The number of carbonyl (C=O) groups excluding carboxylic acids is 1. The molecule has 0 saturated carbocycles. The number of rotatable bonds is 4. The number of allylic oxidation sites excluding steroid dienone is 1. The predicted molar refractivity (Wildman–Crippen MR) is 113 cm³/mol.